The molecule has 0 bridgehead atoms. The third-order valence-electron chi connectivity index (χ3n) is 2.52. The van der Waals surface area contributed by atoms with Crippen LogP contribution < -0.4 is 0 Å². The minimum atomic E-state index is -1.13. The Hall–Kier alpha value is -2.07. The SMILES string of the molecule is Cc1cc(C(O)c2ccccc2)oc1C(=O)O. The summed E-state index contributed by atoms with van der Waals surface area (Å²) >= 11 is 0. The number of carbonyl (C=O) groups is 1. The first-order valence-electron chi connectivity index (χ1n) is 5.16. The second-order valence-electron chi connectivity index (χ2n) is 3.78. The van der Waals surface area contributed by atoms with Crippen LogP contribution in [-0.4, -0.2) is 16.2 Å². The lowest BCUT2D eigenvalue weighted by molar-refractivity contribution is 0.0654. The molecule has 1 aromatic carbocycles. The molecule has 0 aliphatic heterocycles. The van der Waals surface area contributed by atoms with Crippen molar-refractivity contribution in [1.29, 1.82) is 0 Å². The van der Waals surface area contributed by atoms with Gasteiger partial charge in [0.1, 0.15) is 11.9 Å². The van der Waals surface area contributed by atoms with Gasteiger partial charge in [0.15, 0.2) is 0 Å². The summed E-state index contributed by atoms with van der Waals surface area (Å²) in [5, 5.41) is 18.9. The number of hydrogen-bond acceptors (Lipinski definition) is 3. The summed E-state index contributed by atoms with van der Waals surface area (Å²) in [7, 11) is 0. The van der Waals surface area contributed by atoms with Crippen LogP contribution in [0.15, 0.2) is 40.8 Å². The molecule has 4 nitrogen and oxygen atoms in total. The molecule has 0 spiro atoms. The highest BCUT2D eigenvalue weighted by molar-refractivity contribution is 5.86. The summed E-state index contributed by atoms with van der Waals surface area (Å²) in [6.07, 6.45) is -0.942. The molecule has 1 heterocycles. The zero-order valence-electron chi connectivity index (χ0n) is 9.25. The number of carboxylic acids is 1. The van der Waals surface area contributed by atoms with Crippen LogP contribution in [0.1, 0.15) is 33.5 Å². The molecule has 1 atom stereocenters. The topological polar surface area (TPSA) is 70.7 Å². The Morgan fingerprint density at radius 1 is 1.29 bits per heavy atom. The zero-order chi connectivity index (χ0) is 12.4. The number of furan rings is 1. The predicted molar refractivity (Wildman–Crippen MR) is 60.9 cm³/mol. The van der Waals surface area contributed by atoms with Crippen molar-refractivity contribution in [2.45, 2.75) is 13.0 Å². The van der Waals surface area contributed by atoms with E-state index in [9.17, 15) is 9.90 Å². The molecule has 2 rings (SSSR count). The molecule has 0 radical (unpaired) electrons. The number of benzene rings is 1. The lowest BCUT2D eigenvalue weighted by atomic mass is 10.1. The molecule has 0 fully saturated rings. The van der Waals surface area contributed by atoms with Gasteiger partial charge in [-0.3, -0.25) is 0 Å². The van der Waals surface area contributed by atoms with Crippen molar-refractivity contribution in [2.24, 2.45) is 0 Å². The van der Waals surface area contributed by atoms with E-state index in [2.05, 4.69) is 0 Å². The van der Waals surface area contributed by atoms with Crippen molar-refractivity contribution >= 4 is 5.97 Å². The van der Waals surface area contributed by atoms with E-state index in [1.54, 1.807) is 37.3 Å². The highest BCUT2D eigenvalue weighted by Crippen LogP contribution is 2.25. The van der Waals surface area contributed by atoms with Gasteiger partial charge in [-0.2, -0.15) is 0 Å². The smallest absolute Gasteiger partial charge is 0.372 e. The third kappa shape index (κ3) is 2.21. The second-order valence-corrected chi connectivity index (χ2v) is 3.78. The third-order valence-corrected chi connectivity index (χ3v) is 2.52. The maximum atomic E-state index is 10.8. The van der Waals surface area contributed by atoms with E-state index in [4.69, 9.17) is 9.52 Å². The van der Waals surface area contributed by atoms with Crippen LogP contribution in [-0.2, 0) is 0 Å². The summed E-state index contributed by atoms with van der Waals surface area (Å²) in [5.41, 5.74) is 1.17. The van der Waals surface area contributed by atoms with Crippen LogP contribution in [0.5, 0.6) is 0 Å². The van der Waals surface area contributed by atoms with E-state index in [1.807, 2.05) is 6.07 Å². The van der Waals surface area contributed by atoms with Crippen molar-refractivity contribution in [2.75, 3.05) is 0 Å². The summed E-state index contributed by atoms with van der Waals surface area (Å²) in [6, 6.07) is 10.5. The van der Waals surface area contributed by atoms with E-state index in [1.165, 1.54) is 0 Å². The van der Waals surface area contributed by atoms with Crippen LogP contribution in [0.3, 0.4) is 0 Å². The molecule has 0 aliphatic rings. The molecule has 88 valence electrons. The van der Waals surface area contributed by atoms with E-state index in [-0.39, 0.29) is 11.5 Å². The van der Waals surface area contributed by atoms with Gasteiger partial charge in [0.05, 0.1) is 0 Å². The van der Waals surface area contributed by atoms with Gasteiger partial charge in [-0.15, -0.1) is 0 Å². The molecule has 0 amide bonds. The fourth-order valence-corrected chi connectivity index (χ4v) is 1.65. The van der Waals surface area contributed by atoms with Crippen molar-refractivity contribution in [3.63, 3.8) is 0 Å². The summed E-state index contributed by atoms with van der Waals surface area (Å²) in [4.78, 5) is 10.8. The quantitative estimate of drug-likeness (QED) is 0.852. The van der Waals surface area contributed by atoms with E-state index < -0.39 is 12.1 Å². The van der Waals surface area contributed by atoms with Crippen molar-refractivity contribution in [3.8, 4) is 0 Å². The number of aliphatic hydroxyl groups excluding tert-OH is 1. The van der Waals surface area contributed by atoms with E-state index in [0.717, 1.165) is 0 Å². The van der Waals surface area contributed by atoms with Crippen molar-refractivity contribution in [3.05, 3.63) is 59.0 Å². The number of hydrogen-bond donors (Lipinski definition) is 2. The van der Waals surface area contributed by atoms with Gasteiger partial charge < -0.3 is 14.6 Å². The molecule has 0 saturated heterocycles. The maximum absolute atomic E-state index is 10.8. The molecule has 4 heteroatoms. The van der Waals surface area contributed by atoms with Gasteiger partial charge in [-0.25, -0.2) is 4.79 Å². The molecule has 2 aromatic rings. The van der Waals surface area contributed by atoms with Crippen molar-refractivity contribution < 1.29 is 19.4 Å². The van der Waals surface area contributed by atoms with E-state index >= 15 is 0 Å². The molecular formula is C13H12O4. The molecule has 1 unspecified atom stereocenters. The molecule has 2 N–H and O–H groups in total. The number of aromatic carboxylic acids is 1. The van der Waals surface area contributed by atoms with Crippen LogP contribution in [0.2, 0.25) is 0 Å². The van der Waals surface area contributed by atoms with Gasteiger partial charge in [-0.1, -0.05) is 30.3 Å². The van der Waals surface area contributed by atoms with Gasteiger partial charge in [0.25, 0.3) is 0 Å². The Kier molecular flexibility index (Phi) is 2.97. The predicted octanol–water partition coefficient (Wildman–Crippen LogP) is 2.37. The Morgan fingerprint density at radius 2 is 1.94 bits per heavy atom. The summed E-state index contributed by atoms with van der Waals surface area (Å²) < 4.78 is 5.14. The molecule has 0 aliphatic carbocycles. The highest BCUT2D eigenvalue weighted by Gasteiger charge is 2.20. The first kappa shape index (κ1) is 11.4. The molecule has 17 heavy (non-hydrogen) atoms. The number of aryl methyl sites for hydroxylation is 1. The Bertz CT molecular complexity index is 528. The van der Waals surface area contributed by atoms with E-state index in [0.29, 0.717) is 11.1 Å². The number of rotatable bonds is 3. The molecular weight excluding hydrogens is 220 g/mol. The average Bonchev–Trinajstić information content (AvgIpc) is 2.71. The monoisotopic (exact) mass is 232 g/mol. The number of carboxylic acid groups (broad SMARTS) is 1. The second kappa shape index (κ2) is 4.43. The first-order valence-corrected chi connectivity index (χ1v) is 5.16. The lowest BCUT2D eigenvalue weighted by Crippen LogP contribution is -1.98. The van der Waals surface area contributed by atoms with Crippen molar-refractivity contribution in [1.82, 2.24) is 0 Å². The van der Waals surface area contributed by atoms with Gasteiger partial charge >= 0.3 is 5.97 Å². The largest absolute Gasteiger partial charge is 0.475 e. The Labute approximate surface area is 98.1 Å². The standard InChI is InChI=1S/C13H12O4/c1-8-7-10(17-12(8)13(15)16)11(14)9-5-3-2-4-6-9/h2-7,11,14H,1H3,(H,15,16). The van der Waals surface area contributed by atoms with Crippen LogP contribution in [0, 0.1) is 6.92 Å². The average molecular weight is 232 g/mol. The first-order chi connectivity index (χ1) is 8.09. The Balaban J connectivity index is 2.35. The normalized spacial score (nSPS) is 12.4. The fourth-order valence-electron chi connectivity index (χ4n) is 1.65. The maximum Gasteiger partial charge on any atom is 0.372 e. The van der Waals surface area contributed by atoms with Gasteiger partial charge in [0.2, 0.25) is 5.76 Å². The zero-order valence-corrected chi connectivity index (χ0v) is 9.25. The number of aliphatic hydroxyl groups is 1. The summed E-state index contributed by atoms with van der Waals surface area (Å²) in [6.45, 7) is 1.63. The van der Waals surface area contributed by atoms with Gasteiger partial charge in [-0.05, 0) is 18.6 Å². The summed E-state index contributed by atoms with van der Waals surface area (Å²) in [5.74, 6) is -1.02. The molecule has 1 aromatic heterocycles. The van der Waals surface area contributed by atoms with Crippen LogP contribution >= 0.6 is 0 Å². The lowest BCUT2D eigenvalue weighted by Gasteiger charge is -2.06. The minimum absolute atomic E-state index is 0.130. The minimum Gasteiger partial charge on any atom is -0.475 e. The highest BCUT2D eigenvalue weighted by atomic mass is 16.4. The molecule has 0 saturated carbocycles. The van der Waals surface area contributed by atoms with Crippen LogP contribution in [0.25, 0.3) is 0 Å². The fraction of sp³-hybridized carbons (Fsp3) is 0.154. The van der Waals surface area contributed by atoms with Gasteiger partial charge in [0, 0.05) is 5.56 Å². The van der Waals surface area contributed by atoms with Crippen LogP contribution in [0.4, 0.5) is 0 Å². The Morgan fingerprint density at radius 3 is 2.47 bits per heavy atom.